The number of imide groups is 1. The number of hydrogen-bond acceptors (Lipinski definition) is 6. The maximum absolute atomic E-state index is 11.5. The number of amides is 3. The highest BCUT2D eigenvalue weighted by atomic mass is 16.5. The van der Waals surface area contributed by atoms with E-state index in [4.69, 9.17) is 4.74 Å². The largest absolute Gasteiger partial charge is 0.504 e. The molecule has 0 aliphatic rings. The van der Waals surface area contributed by atoms with Gasteiger partial charge in [-0.25, -0.2) is 9.59 Å². The lowest BCUT2D eigenvalue weighted by molar-refractivity contribution is -0.143. The first-order valence-corrected chi connectivity index (χ1v) is 6.75. The minimum Gasteiger partial charge on any atom is -0.504 e. The second-order valence-corrected chi connectivity index (χ2v) is 4.28. The van der Waals surface area contributed by atoms with E-state index < -0.39 is 24.5 Å². The summed E-state index contributed by atoms with van der Waals surface area (Å²) in [6, 6.07) is 3.87. The summed E-state index contributed by atoms with van der Waals surface area (Å²) in [5.41, 5.74) is 0.600. The molecule has 0 bridgehead atoms. The van der Waals surface area contributed by atoms with E-state index in [1.54, 1.807) is 13.0 Å². The van der Waals surface area contributed by atoms with Gasteiger partial charge in [0.2, 0.25) is 0 Å². The Bertz CT molecular complexity index is 612. The fourth-order valence-corrected chi connectivity index (χ4v) is 1.51. The molecule has 0 saturated carbocycles. The van der Waals surface area contributed by atoms with E-state index in [0.717, 1.165) is 6.08 Å². The average molecular weight is 322 g/mol. The Morgan fingerprint density at radius 2 is 2.04 bits per heavy atom. The van der Waals surface area contributed by atoms with Crippen molar-refractivity contribution in [3.8, 4) is 11.5 Å². The Balaban J connectivity index is 2.47. The molecule has 8 heteroatoms. The number of carbonyl (C=O) groups is 3. The van der Waals surface area contributed by atoms with Crippen LogP contribution in [0.5, 0.6) is 11.5 Å². The zero-order valence-corrected chi connectivity index (χ0v) is 12.8. The Kier molecular flexibility index (Phi) is 7.12. The van der Waals surface area contributed by atoms with E-state index in [0.29, 0.717) is 12.1 Å². The van der Waals surface area contributed by atoms with Crippen molar-refractivity contribution in [3.05, 3.63) is 29.8 Å². The quantitative estimate of drug-likeness (QED) is 0.527. The van der Waals surface area contributed by atoms with Crippen molar-refractivity contribution in [1.82, 2.24) is 10.6 Å². The lowest BCUT2D eigenvalue weighted by Crippen LogP contribution is -2.41. The molecular formula is C15H18N2O6. The van der Waals surface area contributed by atoms with Crippen molar-refractivity contribution in [1.29, 1.82) is 0 Å². The van der Waals surface area contributed by atoms with Gasteiger partial charge in [-0.1, -0.05) is 6.07 Å². The van der Waals surface area contributed by atoms with E-state index >= 15 is 0 Å². The molecule has 1 aromatic rings. The molecule has 23 heavy (non-hydrogen) atoms. The molecule has 3 amide bonds. The van der Waals surface area contributed by atoms with Crippen molar-refractivity contribution in [2.75, 3.05) is 20.3 Å². The van der Waals surface area contributed by atoms with Gasteiger partial charge in [0.15, 0.2) is 18.1 Å². The van der Waals surface area contributed by atoms with Crippen LogP contribution in [0.4, 0.5) is 4.79 Å². The number of rotatable bonds is 6. The molecule has 0 heterocycles. The van der Waals surface area contributed by atoms with Crippen molar-refractivity contribution < 1.29 is 29.0 Å². The minimum atomic E-state index is -0.747. The fraction of sp³-hybridized carbons (Fsp3) is 0.267. The lowest BCUT2D eigenvalue weighted by Gasteiger charge is -2.05. The second-order valence-electron chi connectivity index (χ2n) is 4.28. The molecule has 0 saturated heterocycles. The smallest absolute Gasteiger partial charge is 0.331 e. The lowest BCUT2D eigenvalue weighted by atomic mass is 10.2. The number of carbonyl (C=O) groups excluding carboxylic acids is 3. The van der Waals surface area contributed by atoms with Gasteiger partial charge in [-0.15, -0.1) is 0 Å². The molecule has 0 spiro atoms. The van der Waals surface area contributed by atoms with Crippen LogP contribution in [0.1, 0.15) is 12.5 Å². The second kappa shape index (κ2) is 9.08. The monoisotopic (exact) mass is 322 g/mol. The number of esters is 1. The van der Waals surface area contributed by atoms with Gasteiger partial charge >= 0.3 is 12.0 Å². The van der Waals surface area contributed by atoms with Crippen LogP contribution in [-0.2, 0) is 14.3 Å². The third-order valence-electron chi connectivity index (χ3n) is 2.55. The van der Waals surface area contributed by atoms with Crippen LogP contribution >= 0.6 is 0 Å². The van der Waals surface area contributed by atoms with Crippen LogP contribution < -0.4 is 15.4 Å². The first-order chi connectivity index (χ1) is 11.0. The summed E-state index contributed by atoms with van der Waals surface area (Å²) in [6.45, 7) is 1.50. The number of benzene rings is 1. The van der Waals surface area contributed by atoms with Gasteiger partial charge in [0, 0.05) is 12.6 Å². The summed E-state index contributed by atoms with van der Waals surface area (Å²) in [5, 5.41) is 13.8. The summed E-state index contributed by atoms with van der Waals surface area (Å²) in [5.74, 6) is -1.23. The first kappa shape index (κ1) is 18.0. The van der Waals surface area contributed by atoms with Crippen LogP contribution in [-0.4, -0.2) is 43.3 Å². The number of urea groups is 1. The van der Waals surface area contributed by atoms with Gasteiger partial charge in [0.1, 0.15) is 0 Å². The Hall–Kier alpha value is -3.03. The van der Waals surface area contributed by atoms with Crippen molar-refractivity contribution >= 4 is 24.0 Å². The Labute approximate surface area is 133 Å². The molecule has 0 fully saturated rings. The Morgan fingerprint density at radius 1 is 1.30 bits per heavy atom. The molecule has 1 aromatic carbocycles. The van der Waals surface area contributed by atoms with Crippen molar-refractivity contribution in [2.24, 2.45) is 0 Å². The molecule has 0 aromatic heterocycles. The number of aromatic hydroxyl groups is 1. The van der Waals surface area contributed by atoms with Gasteiger partial charge < -0.3 is 19.9 Å². The zero-order chi connectivity index (χ0) is 17.2. The maximum atomic E-state index is 11.5. The van der Waals surface area contributed by atoms with E-state index in [-0.39, 0.29) is 11.5 Å². The minimum absolute atomic E-state index is 0.0192. The first-order valence-electron chi connectivity index (χ1n) is 6.75. The summed E-state index contributed by atoms with van der Waals surface area (Å²) in [4.78, 5) is 33.9. The van der Waals surface area contributed by atoms with E-state index in [1.165, 1.54) is 25.3 Å². The standard InChI is InChI=1S/C15H18N2O6/c1-3-16-15(21)17-13(19)9-23-14(20)7-5-10-4-6-11(18)12(8-10)22-2/h4-8,18H,3,9H2,1-2H3,(H2,16,17,19,21)/b7-5+. The highest BCUT2D eigenvalue weighted by Crippen LogP contribution is 2.26. The van der Waals surface area contributed by atoms with Gasteiger partial charge in [0.05, 0.1) is 7.11 Å². The maximum Gasteiger partial charge on any atom is 0.331 e. The number of phenolic OH excluding ortho intramolecular Hbond substituents is 1. The van der Waals surface area contributed by atoms with Crippen molar-refractivity contribution in [3.63, 3.8) is 0 Å². The summed E-state index contributed by atoms with van der Waals surface area (Å²) < 4.78 is 9.62. The van der Waals surface area contributed by atoms with Gasteiger partial charge in [-0.3, -0.25) is 10.1 Å². The van der Waals surface area contributed by atoms with Gasteiger partial charge in [0.25, 0.3) is 5.91 Å². The molecule has 0 aliphatic heterocycles. The molecule has 0 unspecified atom stereocenters. The molecule has 8 nitrogen and oxygen atoms in total. The van der Waals surface area contributed by atoms with Gasteiger partial charge in [-0.2, -0.15) is 0 Å². The van der Waals surface area contributed by atoms with Gasteiger partial charge in [-0.05, 0) is 30.7 Å². The summed E-state index contributed by atoms with van der Waals surface area (Å²) in [7, 11) is 1.41. The number of hydrogen-bond donors (Lipinski definition) is 3. The molecule has 0 radical (unpaired) electrons. The topological polar surface area (TPSA) is 114 Å². The van der Waals surface area contributed by atoms with Crippen LogP contribution in [0.3, 0.4) is 0 Å². The van der Waals surface area contributed by atoms with Crippen molar-refractivity contribution in [2.45, 2.75) is 6.92 Å². The van der Waals surface area contributed by atoms with E-state index in [2.05, 4.69) is 10.1 Å². The molecular weight excluding hydrogens is 304 g/mol. The van der Waals surface area contributed by atoms with Crippen LogP contribution in [0, 0.1) is 0 Å². The average Bonchev–Trinajstić information content (AvgIpc) is 2.52. The Morgan fingerprint density at radius 3 is 2.70 bits per heavy atom. The third-order valence-corrected chi connectivity index (χ3v) is 2.55. The molecule has 1 rings (SSSR count). The number of ether oxygens (including phenoxy) is 2. The molecule has 0 atom stereocenters. The van der Waals surface area contributed by atoms with Crippen LogP contribution in [0.2, 0.25) is 0 Å². The normalized spacial score (nSPS) is 10.2. The highest BCUT2D eigenvalue weighted by Gasteiger charge is 2.08. The number of phenols is 1. The highest BCUT2D eigenvalue weighted by molar-refractivity contribution is 5.96. The molecule has 3 N–H and O–H groups in total. The molecule has 124 valence electrons. The molecule has 0 aliphatic carbocycles. The summed E-state index contributed by atoms with van der Waals surface area (Å²) >= 11 is 0. The van der Waals surface area contributed by atoms with Crippen LogP contribution in [0.25, 0.3) is 6.08 Å². The number of nitrogens with one attached hydrogen (secondary N) is 2. The number of methoxy groups -OCH3 is 1. The van der Waals surface area contributed by atoms with E-state index in [9.17, 15) is 19.5 Å². The summed E-state index contributed by atoms with van der Waals surface area (Å²) in [6.07, 6.45) is 2.55. The SMILES string of the molecule is CCNC(=O)NC(=O)COC(=O)/C=C/c1ccc(O)c(OC)c1. The van der Waals surface area contributed by atoms with E-state index in [1.807, 2.05) is 5.32 Å². The predicted octanol–water partition coefficient (Wildman–Crippen LogP) is 0.803. The van der Waals surface area contributed by atoms with Crippen LogP contribution in [0.15, 0.2) is 24.3 Å². The predicted molar refractivity (Wildman–Crippen MR) is 81.9 cm³/mol. The zero-order valence-electron chi connectivity index (χ0n) is 12.8. The fourth-order valence-electron chi connectivity index (χ4n) is 1.51. The third kappa shape index (κ3) is 6.51.